The molecule has 0 fully saturated rings. The first-order valence-corrected chi connectivity index (χ1v) is 18.5. The third-order valence-electron chi connectivity index (χ3n) is 13.7. The molecule has 7 aromatic carbocycles. The fraction of sp³-hybridized carbons (Fsp3) is 0.240. The van der Waals surface area contributed by atoms with Crippen molar-refractivity contribution in [1.82, 2.24) is 0 Å². The number of nitrogens with zero attached hydrogens (tertiary/aromatic N) is 1. The molecule has 0 amide bonds. The zero-order valence-corrected chi connectivity index (χ0v) is 31.2. The number of hydrogen-bond acceptors (Lipinski definition) is 1. The minimum absolute atomic E-state index is 0.0409. The van der Waals surface area contributed by atoms with E-state index in [-0.39, 0.29) is 21.7 Å². The average Bonchev–Trinajstić information content (AvgIpc) is 3.13. The van der Waals surface area contributed by atoms with Crippen LogP contribution >= 0.6 is 0 Å². The lowest BCUT2D eigenvalue weighted by Gasteiger charge is -2.49. The highest BCUT2D eigenvalue weighted by atomic mass is 15.1. The second-order valence-electron chi connectivity index (χ2n) is 17.0. The van der Waals surface area contributed by atoms with E-state index in [0.29, 0.717) is 0 Å². The minimum atomic E-state index is -0.0922. The van der Waals surface area contributed by atoms with Crippen LogP contribution < -0.4 is 4.90 Å². The smallest absolute Gasteiger partial charge is 0.0546 e. The number of rotatable bonds is 3. The molecule has 0 saturated heterocycles. The molecule has 0 saturated carbocycles. The molecular weight excluding hydrogens is 615 g/mol. The highest BCUT2D eigenvalue weighted by Crippen LogP contribution is 2.58. The molecule has 1 heteroatoms. The number of hydrogen-bond donors (Lipinski definition) is 0. The number of fused-ring (bicyclic) bond motifs is 10. The minimum Gasteiger partial charge on any atom is -0.310 e. The first-order chi connectivity index (χ1) is 24.4. The van der Waals surface area contributed by atoms with E-state index in [1.165, 1.54) is 77.4 Å². The van der Waals surface area contributed by atoms with E-state index < -0.39 is 0 Å². The largest absolute Gasteiger partial charge is 0.310 e. The van der Waals surface area contributed by atoms with Crippen molar-refractivity contribution >= 4 is 38.6 Å². The molecule has 7 aromatic rings. The highest BCUT2D eigenvalue weighted by molar-refractivity contribution is 6.17. The zero-order chi connectivity index (χ0) is 35.5. The van der Waals surface area contributed by atoms with Gasteiger partial charge >= 0.3 is 0 Å². The van der Waals surface area contributed by atoms with E-state index in [2.05, 4.69) is 200 Å². The first kappa shape index (κ1) is 31.8. The molecule has 0 spiro atoms. The predicted octanol–water partition coefficient (Wildman–Crippen LogP) is 13.9. The maximum absolute atomic E-state index is 2.50. The number of benzene rings is 7. The van der Waals surface area contributed by atoms with Crippen LogP contribution in [-0.4, -0.2) is 0 Å². The van der Waals surface area contributed by atoms with Crippen LogP contribution in [0.1, 0.15) is 77.6 Å². The van der Waals surface area contributed by atoms with Crippen molar-refractivity contribution in [2.75, 3.05) is 4.90 Å². The van der Waals surface area contributed by atoms with Gasteiger partial charge in [0, 0.05) is 22.2 Å². The molecule has 0 unspecified atom stereocenters. The molecule has 9 rings (SSSR count). The number of anilines is 3. The molecule has 0 atom stereocenters. The average molecular weight is 662 g/mol. The lowest BCUT2D eigenvalue weighted by atomic mass is 9.54. The molecule has 0 aliphatic heterocycles. The van der Waals surface area contributed by atoms with Gasteiger partial charge < -0.3 is 4.90 Å². The Balaban J connectivity index is 1.34. The standard InChI is InChI=1S/C50H47N/c1-47(2)41-22-14-12-20-35(41)37-28-26-34(31-43(37)49(47,5)6)51(33-18-10-9-11-19-33)44-24-16-17-32-25-27-40-38(45(32)44)29-30-39-36-21-13-15-23-42(36)48(3,4)50(7,8)46(39)40/h9-31H,1-8H3. The second kappa shape index (κ2) is 10.7. The summed E-state index contributed by atoms with van der Waals surface area (Å²) in [6, 6.07) is 52.5. The van der Waals surface area contributed by atoms with Crippen LogP contribution in [0.3, 0.4) is 0 Å². The van der Waals surface area contributed by atoms with Gasteiger partial charge in [0.25, 0.3) is 0 Å². The van der Waals surface area contributed by atoms with Crippen LogP contribution in [0.15, 0.2) is 140 Å². The van der Waals surface area contributed by atoms with Crippen LogP contribution in [0.5, 0.6) is 0 Å². The lowest BCUT2D eigenvalue weighted by Crippen LogP contribution is -2.43. The third-order valence-corrected chi connectivity index (χ3v) is 13.7. The molecule has 51 heavy (non-hydrogen) atoms. The summed E-state index contributed by atoms with van der Waals surface area (Å²) in [5.41, 5.74) is 14.4. The normalized spacial score (nSPS) is 17.3. The monoisotopic (exact) mass is 661 g/mol. The van der Waals surface area contributed by atoms with Crippen molar-refractivity contribution < 1.29 is 0 Å². The summed E-state index contributed by atoms with van der Waals surface area (Å²) in [5.74, 6) is 0. The Hall–Kier alpha value is -5.14. The third kappa shape index (κ3) is 4.21. The van der Waals surface area contributed by atoms with Gasteiger partial charge in [-0.3, -0.25) is 0 Å². The Kier molecular flexibility index (Phi) is 6.67. The number of para-hydroxylation sites is 1. The molecule has 2 aliphatic rings. The van der Waals surface area contributed by atoms with E-state index in [4.69, 9.17) is 0 Å². The van der Waals surface area contributed by atoms with Crippen LogP contribution in [0.2, 0.25) is 0 Å². The van der Waals surface area contributed by atoms with Gasteiger partial charge in [0.2, 0.25) is 0 Å². The van der Waals surface area contributed by atoms with Gasteiger partial charge in [0.15, 0.2) is 0 Å². The predicted molar refractivity (Wildman–Crippen MR) is 219 cm³/mol. The van der Waals surface area contributed by atoms with E-state index in [1.807, 2.05) is 0 Å². The summed E-state index contributed by atoms with van der Waals surface area (Å²) in [4.78, 5) is 2.50. The lowest BCUT2D eigenvalue weighted by molar-refractivity contribution is 0.299. The molecule has 0 heterocycles. The maximum atomic E-state index is 2.50. The molecule has 252 valence electrons. The van der Waals surface area contributed by atoms with Crippen molar-refractivity contribution in [3.8, 4) is 22.3 Å². The van der Waals surface area contributed by atoms with Crippen molar-refractivity contribution in [2.45, 2.75) is 77.0 Å². The Morgan fingerprint density at radius 2 is 0.922 bits per heavy atom. The van der Waals surface area contributed by atoms with E-state index in [0.717, 1.165) is 5.69 Å². The topological polar surface area (TPSA) is 3.24 Å². The van der Waals surface area contributed by atoms with Gasteiger partial charge in [-0.25, -0.2) is 0 Å². The fourth-order valence-corrected chi connectivity index (χ4v) is 9.53. The Bertz CT molecular complexity index is 2530. The Labute approximate surface area is 303 Å². The molecule has 0 radical (unpaired) electrons. The van der Waals surface area contributed by atoms with Gasteiger partial charge in [0.1, 0.15) is 0 Å². The summed E-state index contributed by atoms with van der Waals surface area (Å²) in [5, 5.41) is 5.19. The molecular formula is C50H47N. The summed E-state index contributed by atoms with van der Waals surface area (Å²) in [6.07, 6.45) is 0. The maximum Gasteiger partial charge on any atom is 0.0546 e. The van der Waals surface area contributed by atoms with Crippen molar-refractivity contribution in [3.63, 3.8) is 0 Å². The van der Waals surface area contributed by atoms with Gasteiger partial charge in [-0.05, 0) is 107 Å². The molecule has 0 aromatic heterocycles. The SMILES string of the molecule is CC1(C)c2ccccc2-c2ccc(N(c3ccccc3)c3cccc4ccc5c6c(ccc5c34)-c3ccccc3C(C)(C)C6(C)C)cc2C1(C)C. The zero-order valence-electron chi connectivity index (χ0n) is 31.2. The Morgan fingerprint density at radius 3 is 1.63 bits per heavy atom. The molecule has 2 aliphatic carbocycles. The van der Waals surface area contributed by atoms with Crippen LogP contribution in [-0.2, 0) is 21.7 Å². The van der Waals surface area contributed by atoms with Gasteiger partial charge in [-0.2, -0.15) is 0 Å². The van der Waals surface area contributed by atoms with Crippen molar-refractivity contribution in [1.29, 1.82) is 0 Å². The van der Waals surface area contributed by atoms with Crippen molar-refractivity contribution in [2.24, 2.45) is 0 Å². The van der Waals surface area contributed by atoms with Gasteiger partial charge in [-0.15, -0.1) is 0 Å². The van der Waals surface area contributed by atoms with Gasteiger partial charge in [0.05, 0.1) is 5.69 Å². The van der Waals surface area contributed by atoms with E-state index in [9.17, 15) is 0 Å². The summed E-state index contributed by atoms with van der Waals surface area (Å²) < 4.78 is 0. The summed E-state index contributed by atoms with van der Waals surface area (Å²) in [7, 11) is 0. The van der Waals surface area contributed by atoms with E-state index in [1.54, 1.807) is 0 Å². The fourth-order valence-electron chi connectivity index (χ4n) is 9.53. The first-order valence-electron chi connectivity index (χ1n) is 18.5. The summed E-state index contributed by atoms with van der Waals surface area (Å²) in [6.45, 7) is 19.4. The Morgan fingerprint density at radius 1 is 0.373 bits per heavy atom. The van der Waals surface area contributed by atoms with E-state index >= 15 is 0 Å². The van der Waals surface area contributed by atoms with Gasteiger partial charge in [-0.1, -0.05) is 165 Å². The van der Waals surface area contributed by atoms with Crippen molar-refractivity contribution in [3.05, 3.63) is 162 Å². The van der Waals surface area contributed by atoms with Crippen LogP contribution in [0.4, 0.5) is 17.1 Å². The molecule has 0 bridgehead atoms. The molecule has 1 nitrogen and oxygen atoms in total. The highest BCUT2D eigenvalue weighted by Gasteiger charge is 2.47. The summed E-state index contributed by atoms with van der Waals surface area (Å²) >= 11 is 0. The molecule has 0 N–H and O–H groups in total. The van der Waals surface area contributed by atoms with Crippen LogP contribution in [0.25, 0.3) is 43.8 Å². The quantitative estimate of drug-likeness (QED) is 0.170. The second-order valence-corrected chi connectivity index (χ2v) is 17.0. The van der Waals surface area contributed by atoms with Crippen LogP contribution in [0, 0.1) is 0 Å².